The highest BCUT2D eigenvalue weighted by molar-refractivity contribution is 7.98. The minimum atomic E-state index is -0.476. The molecule has 2 aromatic carbocycles. The van der Waals surface area contributed by atoms with Crippen LogP contribution in [0.5, 0.6) is 11.5 Å². The summed E-state index contributed by atoms with van der Waals surface area (Å²) in [7, 11) is 0. The van der Waals surface area contributed by atoms with E-state index in [1.54, 1.807) is 36.0 Å². The van der Waals surface area contributed by atoms with Gasteiger partial charge in [-0.3, -0.25) is 0 Å². The number of aliphatic hydroxyl groups is 1. The molecule has 0 saturated carbocycles. The summed E-state index contributed by atoms with van der Waals surface area (Å²) in [6, 6.07) is 11.8. The summed E-state index contributed by atoms with van der Waals surface area (Å²) in [4.78, 5) is 1.11. The zero-order valence-corrected chi connectivity index (χ0v) is 10.7. The summed E-state index contributed by atoms with van der Waals surface area (Å²) in [5, 5.41) is 9.15. The second kappa shape index (κ2) is 5.89. The van der Waals surface area contributed by atoms with Gasteiger partial charge >= 0.3 is 0 Å². The van der Waals surface area contributed by atoms with E-state index in [1.165, 1.54) is 6.07 Å². The quantitative estimate of drug-likeness (QED) is 0.851. The lowest BCUT2D eigenvalue weighted by Crippen LogP contribution is -1.94. The van der Waals surface area contributed by atoms with Crippen LogP contribution in [0, 0.1) is 5.82 Å². The first-order valence-electron chi connectivity index (χ1n) is 5.44. The maximum Gasteiger partial charge on any atom is 0.168 e. The number of thioether (sulfide) groups is 1. The largest absolute Gasteiger partial charge is 0.454 e. The first kappa shape index (κ1) is 12.9. The van der Waals surface area contributed by atoms with Crippen molar-refractivity contribution in [3.8, 4) is 11.5 Å². The van der Waals surface area contributed by atoms with Crippen LogP contribution in [0.15, 0.2) is 47.4 Å². The van der Waals surface area contributed by atoms with Gasteiger partial charge in [0.2, 0.25) is 0 Å². The predicted molar refractivity (Wildman–Crippen MR) is 70.6 cm³/mol. The Morgan fingerprint density at radius 2 is 1.89 bits per heavy atom. The van der Waals surface area contributed by atoms with Crippen LogP contribution < -0.4 is 4.74 Å². The van der Waals surface area contributed by atoms with Crippen LogP contribution in [0.3, 0.4) is 0 Å². The summed E-state index contributed by atoms with van der Waals surface area (Å²) >= 11 is 1.62. The van der Waals surface area contributed by atoms with E-state index in [1.807, 2.05) is 18.4 Å². The Morgan fingerprint density at radius 1 is 1.17 bits per heavy atom. The van der Waals surface area contributed by atoms with Crippen LogP contribution in [0.4, 0.5) is 4.39 Å². The van der Waals surface area contributed by atoms with E-state index in [0.717, 1.165) is 4.90 Å². The summed E-state index contributed by atoms with van der Waals surface area (Å²) in [6.07, 6.45) is 1.98. The van der Waals surface area contributed by atoms with Crippen molar-refractivity contribution in [1.29, 1.82) is 0 Å². The molecule has 4 heteroatoms. The number of ether oxygens (including phenoxy) is 1. The molecule has 0 bridgehead atoms. The van der Waals surface area contributed by atoms with Gasteiger partial charge in [0, 0.05) is 10.5 Å². The van der Waals surface area contributed by atoms with Crippen molar-refractivity contribution in [3.05, 3.63) is 53.8 Å². The van der Waals surface area contributed by atoms with Crippen molar-refractivity contribution in [3.63, 3.8) is 0 Å². The van der Waals surface area contributed by atoms with Crippen molar-refractivity contribution >= 4 is 11.8 Å². The van der Waals surface area contributed by atoms with E-state index < -0.39 is 5.82 Å². The average Bonchev–Trinajstić information content (AvgIpc) is 2.42. The van der Waals surface area contributed by atoms with E-state index >= 15 is 0 Å². The molecule has 0 aliphatic rings. The molecule has 0 unspecified atom stereocenters. The van der Waals surface area contributed by atoms with Crippen LogP contribution in [0.1, 0.15) is 5.56 Å². The highest BCUT2D eigenvalue weighted by Crippen LogP contribution is 2.29. The zero-order valence-electron chi connectivity index (χ0n) is 9.89. The Hall–Kier alpha value is -1.52. The van der Waals surface area contributed by atoms with E-state index in [9.17, 15) is 4.39 Å². The van der Waals surface area contributed by atoms with Crippen LogP contribution >= 0.6 is 11.8 Å². The minimum Gasteiger partial charge on any atom is -0.454 e. The third kappa shape index (κ3) is 2.83. The van der Waals surface area contributed by atoms with Crippen LogP contribution in [0.25, 0.3) is 0 Å². The number of halogens is 1. The average molecular weight is 264 g/mol. The summed E-state index contributed by atoms with van der Waals surface area (Å²) in [6.45, 7) is -0.254. The number of benzene rings is 2. The molecule has 18 heavy (non-hydrogen) atoms. The van der Waals surface area contributed by atoms with Gasteiger partial charge in [-0.15, -0.1) is 11.8 Å². The maximum atomic E-state index is 13.6. The summed E-state index contributed by atoms with van der Waals surface area (Å²) in [5.41, 5.74) is 0.434. The molecule has 0 aliphatic carbocycles. The molecule has 0 aliphatic heterocycles. The van der Waals surface area contributed by atoms with Gasteiger partial charge in [-0.25, -0.2) is 4.39 Å². The topological polar surface area (TPSA) is 29.5 Å². The lowest BCUT2D eigenvalue weighted by molar-refractivity contribution is 0.274. The second-order valence-corrected chi connectivity index (χ2v) is 4.54. The fourth-order valence-electron chi connectivity index (χ4n) is 1.55. The molecule has 2 nitrogen and oxygen atoms in total. The van der Waals surface area contributed by atoms with Gasteiger partial charge < -0.3 is 9.84 Å². The summed E-state index contributed by atoms with van der Waals surface area (Å²) in [5.74, 6) is 0.153. The van der Waals surface area contributed by atoms with Crippen LogP contribution in [0.2, 0.25) is 0 Å². The van der Waals surface area contributed by atoms with Crippen molar-refractivity contribution in [2.24, 2.45) is 0 Å². The zero-order chi connectivity index (χ0) is 13.0. The predicted octanol–water partition coefficient (Wildman–Crippen LogP) is 3.83. The standard InChI is InChI=1S/C14H13FO2S/c1-18-12-7-5-11(6-8-12)17-14-10(9-16)3-2-4-13(14)15/h2-8,16H,9H2,1H3. The molecule has 0 aromatic heterocycles. The smallest absolute Gasteiger partial charge is 0.168 e. The molecule has 0 heterocycles. The maximum absolute atomic E-state index is 13.6. The number of aliphatic hydroxyl groups excluding tert-OH is 1. The highest BCUT2D eigenvalue weighted by atomic mass is 32.2. The van der Waals surface area contributed by atoms with E-state index in [-0.39, 0.29) is 12.4 Å². The Labute approximate surface area is 109 Å². The third-order valence-electron chi connectivity index (χ3n) is 2.50. The molecular formula is C14H13FO2S. The number of hydrogen-bond donors (Lipinski definition) is 1. The lowest BCUT2D eigenvalue weighted by Gasteiger charge is -2.10. The molecule has 94 valence electrons. The van der Waals surface area contributed by atoms with Gasteiger partial charge in [0.1, 0.15) is 5.75 Å². The summed E-state index contributed by atoms with van der Waals surface area (Å²) < 4.78 is 19.1. The normalized spacial score (nSPS) is 10.4. The van der Waals surface area contributed by atoms with Gasteiger partial charge in [0.25, 0.3) is 0 Å². The Bertz CT molecular complexity index is 526. The van der Waals surface area contributed by atoms with Crippen molar-refractivity contribution < 1.29 is 14.2 Å². The van der Waals surface area contributed by atoms with E-state index in [0.29, 0.717) is 11.3 Å². The molecule has 1 N–H and O–H groups in total. The monoisotopic (exact) mass is 264 g/mol. The molecule has 0 atom stereocenters. The van der Waals surface area contributed by atoms with Gasteiger partial charge in [-0.1, -0.05) is 12.1 Å². The Morgan fingerprint density at radius 3 is 2.50 bits per heavy atom. The van der Waals surface area contributed by atoms with Gasteiger partial charge in [0.05, 0.1) is 6.61 Å². The fourth-order valence-corrected chi connectivity index (χ4v) is 1.96. The van der Waals surface area contributed by atoms with Gasteiger partial charge in [0.15, 0.2) is 11.6 Å². The van der Waals surface area contributed by atoms with Gasteiger partial charge in [-0.05, 0) is 36.6 Å². The van der Waals surface area contributed by atoms with Crippen molar-refractivity contribution in [2.45, 2.75) is 11.5 Å². The van der Waals surface area contributed by atoms with Crippen LogP contribution in [-0.4, -0.2) is 11.4 Å². The molecule has 0 radical (unpaired) electrons. The first-order chi connectivity index (χ1) is 8.74. The van der Waals surface area contributed by atoms with Crippen molar-refractivity contribution in [2.75, 3.05) is 6.26 Å². The lowest BCUT2D eigenvalue weighted by atomic mass is 10.2. The third-order valence-corrected chi connectivity index (χ3v) is 3.24. The van der Waals surface area contributed by atoms with Crippen LogP contribution in [-0.2, 0) is 6.61 Å². The number of rotatable bonds is 4. The fraction of sp³-hybridized carbons (Fsp3) is 0.143. The van der Waals surface area contributed by atoms with Gasteiger partial charge in [-0.2, -0.15) is 0 Å². The second-order valence-electron chi connectivity index (χ2n) is 3.66. The molecule has 0 fully saturated rings. The SMILES string of the molecule is CSc1ccc(Oc2c(F)cccc2CO)cc1. The number of para-hydroxylation sites is 1. The highest BCUT2D eigenvalue weighted by Gasteiger charge is 2.10. The minimum absolute atomic E-state index is 0.0805. The number of hydrogen-bond acceptors (Lipinski definition) is 3. The molecule has 2 rings (SSSR count). The van der Waals surface area contributed by atoms with E-state index in [2.05, 4.69) is 0 Å². The molecule has 2 aromatic rings. The van der Waals surface area contributed by atoms with E-state index in [4.69, 9.17) is 9.84 Å². The molecule has 0 amide bonds. The van der Waals surface area contributed by atoms with Crippen molar-refractivity contribution in [1.82, 2.24) is 0 Å². The molecule has 0 saturated heterocycles. The first-order valence-corrected chi connectivity index (χ1v) is 6.67. The Kier molecular flexibility index (Phi) is 4.23. The Balaban J connectivity index is 2.27. The molecule has 0 spiro atoms. The molecular weight excluding hydrogens is 251 g/mol.